The molecule has 0 aliphatic rings. The fraction of sp³-hybridized carbons (Fsp3) is 0.100. The number of hydrogen-bond acceptors (Lipinski definition) is 17. The highest BCUT2D eigenvalue weighted by Gasteiger charge is 2.23. The average Bonchev–Trinajstić information content (AvgIpc) is 3.24. The molecule has 0 bridgehead atoms. The van der Waals surface area contributed by atoms with Crippen LogP contribution in [-0.2, 0) is 10.1 Å². The Kier molecular flexibility index (Phi) is 12.4. The Labute approximate surface area is 346 Å². The molecule has 0 saturated carbocycles. The number of anilines is 2. The maximum absolute atomic E-state index is 12.8. The number of aromatic carboxylic acids is 1. The van der Waals surface area contributed by atoms with Crippen LogP contribution in [0.1, 0.15) is 20.7 Å². The van der Waals surface area contributed by atoms with Crippen LogP contribution in [0.2, 0.25) is 0 Å². The summed E-state index contributed by atoms with van der Waals surface area (Å²) in [7, 11) is 0.435. The van der Waals surface area contributed by atoms with E-state index >= 15 is 0 Å². The zero-order valence-corrected chi connectivity index (χ0v) is 33.2. The van der Waals surface area contributed by atoms with Gasteiger partial charge in [0.15, 0.2) is 5.75 Å². The third-order valence-electron chi connectivity index (χ3n) is 8.73. The Balaban J connectivity index is 1.30. The van der Waals surface area contributed by atoms with Gasteiger partial charge in [-0.3, -0.25) is 9.35 Å². The Bertz CT molecular complexity index is 2900. The number of hydrogen-bond donors (Lipinski definition) is 6. The second kappa shape index (κ2) is 17.8. The number of carboxylic acid groups (broad SMARTS) is 1. The zero-order chi connectivity index (χ0) is 44.0. The number of methoxy groups -OCH3 is 4. The summed E-state index contributed by atoms with van der Waals surface area (Å²) in [5, 5.41) is 58.2. The summed E-state index contributed by atoms with van der Waals surface area (Å²) in [6, 6.07) is 21.0. The molecule has 0 fully saturated rings. The lowest BCUT2D eigenvalue weighted by Gasteiger charge is -2.12. The summed E-state index contributed by atoms with van der Waals surface area (Å²) in [4.78, 5) is 23.4. The van der Waals surface area contributed by atoms with E-state index in [2.05, 4.69) is 36.0 Å². The first kappa shape index (κ1) is 42.4. The molecule has 7 N–H and O–H groups in total. The van der Waals surface area contributed by atoms with Gasteiger partial charge in [0.1, 0.15) is 67.6 Å². The number of azo groups is 3. The molecule has 0 unspecified atom stereocenters. The van der Waals surface area contributed by atoms with Crippen molar-refractivity contribution in [3.8, 4) is 34.5 Å². The van der Waals surface area contributed by atoms with Crippen molar-refractivity contribution in [2.24, 2.45) is 30.7 Å². The lowest BCUT2D eigenvalue weighted by molar-refractivity contribution is 0.0693. The topological polar surface area (TPSA) is 298 Å². The van der Waals surface area contributed by atoms with Gasteiger partial charge in [0, 0.05) is 46.6 Å². The van der Waals surface area contributed by atoms with Gasteiger partial charge in [0.2, 0.25) is 0 Å². The van der Waals surface area contributed by atoms with E-state index in [0.29, 0.717) is 11.3 Å². The molecule has 61 heavy (non-hydrogen) atoms. The second-order valence-corrected chi connectivity index (χ2v) is 13.9. The van der Waals surface area contributed by atoms with Crippen LogP contribution >= 0.6 is 0 Å². The number of nitrogen functional groups attached to an aromatic ring is 1. The molecule has 0 aliphatic carbocycles. The van der Waals surface area contributed by atoms with E-state index in [0.717, 1.165) is 12.1 Å². The molecule has 0 atom stereocenters. The molecule has 1 amide bonds. The fourth-order valence-corrected chi connectivity index (χ4v) is 6.34. The highest BCUT2D eigenvalue weighted by atomic mass is 32.2. The number of phenolic OH excluding ortho intramolecular Hbond substituents is 1. The first-order chi connectivity index (χ1) is 29.1. The van der Waals surface area contributed by atoms with E-state index in [-0.39, 0.29) is 73.5 Å². The van der Waals surface area contributed by atoms with Gasteiger partial charge in [-0.15, -0.1) is 25.6 Å². The standard InChI is InChI=1S/C40H34N8O12S/c1-57-32-17-28(33(58-2)16-27(32)44-43-24-10-12-31(49)26(15-24)40(52)53)45-46-29-18-35(60-4)30(19-34(29)59-3)47-48-37-36(61(54,55)56)14-21-13-23(9-11-25(21)38(37)50)42-39(51)20-5-7-22(41)8-6-20/h5-19,49-50H,41H2,1-4H3,(H,42,51)(H,52,53)(H,54,55,56). The summed E-state index contributed by atoms with van der Waals surface area (Å²) in [5.41, 5.74) is 6.46. The highest BCUT2D eigenvalue weighted by molar-refractivity contribution is 7.86. The van der Waals surface area contributed by atoms with Crippen molar-refractivity contribution >= 4 is 78.3 Å². The van der Waals surface area contributed by atoms with Gasteiger partial charge < -0.3 is 45.3 Å². The van der Waals surface area contributed by atoms with Crippen molar-refractivity contribution in [3.63, 3.8) is 0 Å². The third-order valence-corrected chi connectivity index (χ3v) is 9.59. The largest absolute Gasteiger partial charge is 0.507 e. The molecule has 0 aromatic heterocycles. The van der Waals surface area contributed by atoms with Gasteiger partial charge in [-0.05, 0) is 72.1 Å². The predicted octanol–water partition coefficient (Wildman–Crippen LogP) is 9.31. The summed E-state index contributed by atoms with van der Waals surface area (Å²) in [6.45, 7) is 0. The number of amides is 1. The van der Waals surface area contributed by atoms with E-state index in [1.807, 2.05) is 0 Å². The quantitative estimate of drug-likeness (QED) is 0.0338. The lowest BCUT2D eigenvalue weighted by Crippen LogP contribution is -2.11. The summed E-state index contributed by atoms with van der Waals surface area (Å²) in [6.07, 6.45) is 0. The minimum absolute atomic E-state index is 0.00196. The van der Waals surface area contributed by atoms with Crippen LogP contribution in [0.4, 0.5) is 45.5 Å². The molecule has 21 heteroatoms. The number of benzene rings is 6. The molecule has 0 saturated heterocycles. The van der Waals surface area contributed by atoms with E-state index < -0.39 is 44.1 Å². The van der Waals surface area contributed by atoms with Crippen molar-refractivity contribution in [1.82, 2.24) is 0 Å². The van der Waals surface area contributed by atoms with Crippen molar-refractivity contribution in [2.75, 3.05) is 39.5 Å². The highest BCUT2D eigenvalue weighted by Crippen LogP contribution is 2.46. The number of nitrogens with zero attached hydrogens (tertiary/aromatic N) is 6. The second-order valence-electron chi connectivity index (χ2n) is 12.6. The predicted molar refractivity (Wildman–Crippen MR) is 221 cm³/mol. The van der Waals surface area contributed by atoms with Gasteiger partial charge in [-0.2, -0.15) is 13.5 Å². The minimum Gasteiger partial charge on any atom is -0.507 e. The molecular formula is C40H34N8O12S. The van der Waals surface area contributed by atoms with E-state index in [9.17, 15) is 37.9 Å². The van der Waals surface area contributed by atoms with Crippen LogP contribution in [0.5, 0.6) is 34.5 Å². The Morgan fingerprint density at radius 1 is 0.639 bits per heavy atom. The van der Waals surface area contributed by atoms with Gasteiger partial charge in [0.25, 0.3) is 16.0 Å². The molecule has 0 radical (unpaired) electrons. The monoisotopic (exact) mass is 850 g/mol. The fourth-order valence-electron chi connectivity index (χ4n) is 5.68. The van der Waals surface area contributed by atoms with Crippen LogP contribution in [0, 0.1) is 0 Å². The number of rotatable bonds is 14. The molecule has 0 heterocycles. The number of nitrogens with one attached hydrogen (secondary N) is 1. The van der Waals surface area contributed by atoms with E-state index in [4.69, 9.17) is 24.7 Å². The van der Waals surface area contributed by atoms with Crippen LogP contribution in [0.25, 0.3) is 10.8 Å². The number of nitrogens with two attached hydrogens (primary N) is 1. The Hall–Kier alpha value is -8.17. The zero-order valence-electron chi connectivity index (χ0n) is 32.4. The number of aromatic hydroxyl groups is 2. The number of carboxylic acids is 1. The molecule has 312 valence electrons. The molecule has 6 aromatic carbocycles. The smallest absolute Gasteiger partial charge is 0.339 e. The third kappa shape index (κ3) is 9.43. The maximum atomic E-state index is 12.8. The van der Waals surface area contributed by atoms with Gasteiger partial charge in [-0.25, -0.2) is 4.79 Å². The molecular weight excluding hydrogens is 817 g/mol. The molecule has 0 aliphatic heterocycles. The minimum atomic E-state index is -4.99. The molecule has 6 rings (SSSR count). The average molecular weight is 851 g/mol. The number of phenols is 2. The van der Waals surface area contributed by atoms with E-state index in [1.165, 1.54) is 95.2 Å². The van der Waals surface area contributed by atoms with Crippen LogP contribution in [-0.4, -0.2) is 68.6 Å². The van der Waals surface area contributed by atoms with Crippen LogP contribution < -0.4 is 30.0 Å². The maximum Gasteiger partial charge on any atom is 0.339 e. The van der Waals surface area contributed by atoms with E-state index in [1.54, 1.807) is 12.1 Å². The van der Waals surface area contributed by atoms with Gasteiger partial charge >= 0.3 is 5.97 Å². The molecule has 6 aromatic rings. The first-order valence-electron chi connectivity index (χ1n) is 17.4. The van der Waals surface area contributed by atoms with Gasteiger partial charge in [0.05, 0.1) is 34.1 Å². The van der Waals surface area contributed by atoms with Crippen molar-refractivity contribution in [1.29, 1.82) is 0 Å². The number of fused-ring (bicyclic) bond motifs is 1. The Morgan fingerprint density at radius 2 is 1.15 bits per heavy atom. The number of ether oxygens (including phenoxy) is 4. The SMILES string of the molecule is COc1cc(N=Nc2cc(OC)c(N=Nc3c(S(=O)(=O)O)cc4cc(NC(=O)c5ccc(N)cc5)ccc4c3O)cc2OC)c(OC)cc1N=Nc1ccc(O)c(C(=O)O)c1. The number of carbonyl (C=O) groups excluding carboxylic acids is 1. The van der Waals surface area contributed by atoms with Gasteiger partial charge in [-0.1, -0.05) is 0 Å². The summed E-state index contributed by atoms with van der Waals surface area (Å²) in [5.74, 6) is -2.32. The Morgan fingerprint density at radius 3 is 1.64 bits per heavy atom. The van der Waals surface area contributed by atoms with Crippen LogP contribution in [0.3, 0.4) is 0 Å². The number of carbonyl (C=O) groups is 2. The summed E-state index contributed by atoms with van der Waals surface area (Å²) >= 11 is 0. The summed E-state index contributed by atoms with van der Waals surface area (Å²) < 4.78 is 57.3. The normalized spacial score (nSPS) is 11.7. The van der Waals surface area contributed by atoms with Crippen molar-refractivity contribution in [2.45, 2.75) is 4.90 Å². The van der Waals surface area contributed by atoms with Crippen molar-refractivity contribution < 1.29 is 56.8 Å². The first-order valence-corrected chi connectivity index (χ1v) is 18.9. The van der Waals surface area contributed by atoms with Crippen molar-refractivity contribution in [3.05, 3.63) is 102 Å². The molecule has 0 spiro atoms. The van der Waals surface area contributed by atoms with Crippen LogP contribution in [0.15, 0.2) is 127 Å². The molecule has 20 nitrogen and oxygen atoms in total. The lowest BCUT2D eigenvalue weighted by atomic mass is 10.1.